The van der Waals surface area contributed by atoms with Gasteiger partial charge in [0.05, 0.1) is 6.42 Å². The molecular formula is C15H13F3. The first-order valence-corrected chi connectivity index (χ1v) is 5.71. The minimum Gasteiger partial charge on any atom is -0.171 e. The summed E-state index contributed by atoms with van der Waals surface area (Å²) in [6, 6.07) is 16.5. The van der Waals surface area contributed by atoms with Crippen molar-refractivity contribution in [3.05, 3.63) is 71.3 Å². The molecule has 0 saturated carbocycles. The summed E-state index contributed by atoms with van der Waals surface area (Å²) in [7, 11) is 0. The molecule has 2 rings (SSSR count). The Kier molecular flexibility index (Phi) is 3.70. The Hall–Kier alpha value is -1.77. The molecular weight excluding hydrogens is 237 g/mol. The van der Waals surface area contributed by atoms with Crippen molar-refractivity contribution in [1.29, 1.82) is 0 Å². The fourth-order valence-electron chi connectivity index (χ4n) is 1.84. The first-order chi connectivity index (χ1) is 8.53. The zero-order chi connectivity index (χ0) is 13.0. The molecule has 0 bridgehead atoms. The maximum Gasteiger partial charge on any atom is 0.393 e. The van der Waals surface area contributed by atoms with Gasteiger partial charge in [-0.15, -0.1) is 0 Å². The van der Waals surface area contributed by atoms with Gasteiger partial charge >= 0.3 is 6.18 Å². The Morgan fingerprint density at radius 2 is 1.17 bits per heavy atom. The molecule has 0 radical (unpaired) electrons. The van der Waals surface area contributed by atoms with E-state index in [9.17, 15) is 13.2 Å². The lowest BCUT2D eigenvalue weighted by molar-refractivity contribution is -0.127. The second-order valence-corrected chi connectivity index (χ2v) is 4.27. The molecule has 0 fully saturated rings. The number of hydrogen-bond acceptors (Lipinski definition) is 0. The van der Waals surface area contributed by atoms with Crippen LogP contribution in [0, 0.1) is 0 Å². The third-order valence-electron chi connectivity index (χ3n) is 2.68. The average Bonchev–Trinajstić information content (AvgIpc) is 2.31. The van der Waals surface area contributed by atoms with Crippen molar-refractivity contribution in [1.82, 2.24) is 0 Å². The number of halogens is 3. The second kappa shape index (κ2) is 5.25. The second-order valence-electron chi connectivity index (χ2n) is 4.27. The lowest BCUT2D eigenvalue weighted by Crippen LogP contribution is -2.11. The Balaban J connectivity index is 2.04. The van der Waals surface area contributed by atoms with E-state index in [-0.39, 0.29) is 0 Å². The van der Waals surface area contributed by atoms with Gasteiger partial charge in [0.2, 0.25) is 0 Å². The topological polar surface area (TPSA) is 0 Å². The van der Waals surface area contributed by atoms with Gasteiger partial charge in [0, 0.05) is 0 Å². The first-order valence-electron chi connectivity index (χ1n) is 5.71. The molecule has 0 nitrogen and oxygen atoms in total. The van der Waals surface area contributed by atoms with Crippen LogP contribution in [-0.4, -0.2) is 6.18 Å². The van der Waals surface area contributed by atoms with Crippen LogP contribution < -0.4 is 0 Å². The van der Waals surface area contributed by atoms with Gasteiger partial charge in [-0.05, 0) is 23.1 Å². The van der Waals surface area contributed by atoms with Gasteiger partial charge in [0.15, 0.2) is 0 Å². The van der Waals surface area contributed by atoms with Crippen LogP contribution in [0.2, 0.25) is 0 Å². The Morgan fingerprint density at radius 1 is 0.667 bits per heavy atom. The van der Waals surface area contributed by atoms with Crippen molar-refractivity contribution >= 4 is 0 Å². The van der Waals surface area contributed by atoms with Gasteiger partial charge in [0.25, 0.3) is 0 Å². The molecule has 18 heavy (non-hydrogen) atoms. The zero-order valence-electron chi connectivity index (χ0n) is 9.74. The third kappa shape index (κ3) is 3.91. The van der Waals surface area contributed by atoms with Crippen LogP contribution in [0.1, 0.15) is 16.7 Å². The van der Waals surface area contributed by atoms with E-state index in [4.69, 9.17) is 0 Å². The van der Waals surface area contributed by atoms with Crippen LogP contribution in [-0.2, 0) is 12.8 Å². The maximum atomic E-state index is 12.2. The molecule has 0 unspecified atom stereocenters. The van der Waals surface area contributed by atoms with E-state index in [0.717, 1.165) is 17.5 Å². The largest absolute Gasteiger partial charge is 0.393 e. The lowest BCUT2D eigenvalue weighted by atomic mass is 10.0. The SMILES string of the molecule is FC(F)(F)Cc1ccc(Cc2ccccc2)cc1. The van der Waals surface area contributed by atoms with E-state index >= 15 is 0 Å². The number of hydrogen-bond donors (Lipinski definition) is 0. The molecule has 0 aliphatic rings. The zero-order valence-corrected chi connectivity index (χ0v) is 9.74. The predicted molar refractivity (Wildman–Crippen MR) is 65.4 cm³/mol. The summed E-state index contributed by atoms with van der Waals surface area (Å²) in [6.45, 7) is 0. The maximum absolute atomic E-state index is 12.2. The molecule has 94 valence electrons. The third-order valence-corrected chi connectivity index (χ3v) is 2.68. The number of alkyl halides is 3. The molecule has 0 heterocycles. The highest BCUT2D eigenvalue weighted by Gasteiger charge is 2.27. The van der Waals surface area contributed by atoms with Crippen molar-refractivity contribution in [3.8, 4) is 0 Å². The van der Waals surface area contributed by atoms with Gasteiger partial charge < -0.3 is 0 Å². The summed E-state index contributed by atoms with van der Waals surface area (Å²) in [5, 5.41) is 0. The van der Waals surface area contributed by atoms with Crippen LogP contribution in [0.3, 0.4) is 0 Å². The van der Waals surface area contributed by atoms with Crippen molar-refractivity contribution in [2.24, 2.45) is 0 Å². The number of rotatable bonds is 3. The van der Waals surface area contributed by atoms with E-state index in [1.165, 1.54) is 0 Å². The summed E-state index contributed by atoms with van der Waals surface area (Å²) >= 11 is 0. The highest BCUT2D eigenvalue weighted by atomic mass is 19.4. The van der Waals surface area contributed by atoms with Gasteiger partial charge in [-0.2, -0.15) is 13.2 Å². The summed E-state index contributed by atoms with van der Waals surface area (Å²) in [5.74, 6) is 0. The molecule has 2 aromatic carbocycles. The van der Waals surface area contributed by atoms with E-state index in [0.29, 0.717) is 5.56 Å². The molecule has 0 aromatic heterocycles. The number of benzene rings is 2. The van der Waals surface area contributed by atoms with Crippen LogP contribution in [0.4, 0.5) is 13.2 Å². The summed E-state index contributed by atoms with van der Waals surface area (Å²) in [5.41, 5.74) is 2.48. The minimum absolute atomic E-state index is 0.305. The van der Waals surface area contributed by atoms with Gasteiger partial charge in [-0.25, -0.2) is 0 Å². The van der Waals surface area contributed by atoms with E-state index in [1.807, 2.05) is 30.3 Å². The van der Waals surface area contributed by atoms with Gasteiger partial charge in [0.1, 0.15) is 0 Å². The monoisotopic (exact) mass is 250 g/mol. The quantitative estimate of drug-likeness (QED) is 0.758. The highest BCUT2D eigenvalue weighted by molar-refractivity contribution is 5.28. The molecule has 0 atom stereocenters. The first kappa shape index (κ1) is 12.7. The Labute approximate surface area is 104 Å². The van der Waals surface area contributed by atoms with Gasteiger partial charge in [-0.1, -0.05) is 54.6 Å². The van der Waals surface area contributed by atoms with Crippen LogP contribution in [0.25, 0.3) is 0 Å². The van der Waals surface area contributed by atoms with Gasteiger partial charge in [-0.3, -0.25) is 0 Å². The normalized spacial score (nSPS) is 11.5. The van der Waals surface area contributed by atoms with Crippen molar-refractivity contribution in [2.75, 3.05) is 0 Å². The van der Waals surface area contributed by atoms with Crippen molar-refractivity contribution in [2.45, 2.75) is 19.0 Å². The fraction of sp³-hybridized carbons (Fsp3) is 0.200. The predicted octanol–water partition coefficient (Wildman–Crippen LogP) is 4.38. The summed E-state index contributed by atoms with van der Waals surface area (Å²) < 4.78 is 36.6. The summed E-state index contributed by atoms with van der Waals surface area (Å²) in [4.78, 5) is 0. The molecule has 3 heteroatoms. The molecule has 0 aliphatic heterocycles. The molecule has 0 amide bonds. The molecule has 0 saturated heterocycles. The Morgan fingerprint density at radius 3 is 1.72 bits per heavy atom. The standard InChI is InChI=1S/C15H13F3/c16-15(17,18)11-14-8-6-13(7-9-14)10-12-4-2-1-3-5-12/h1-9H,10-11H2. The highest BCUT2D eigenvalue weighted by Crippen LogP contribution is 2.21. The fourth-order valence-corrected chi connectivity index (χ4v) is 1.84. The van der Waals surface area contributed by atoms with E-state index < -0.39 is 12.6 Å². The molecule has 0 N–H and O–H groups in total. The summed E-state index contributed by atoms with van der Waals surface area (Å²) in [6.07, 6.45) is -4.26. The molecule has 0 aliphatic carbocycles. The van der Waals surface area contributed by atoms with Crippen molar-refractivity contribution < 1.29 is 13.2 Å². The van der Waals surface area contributed by atoms with Crippen LogP contribution in [0.5, 0.6) is 0 Å². The van der Waals surface area contributed by atoms with E-state index in [1.54, 1.807) is 24.3 Å². The smallest absolute Gasteiger partial charge is 0.171 e. The molecule has 2 aromatic rings. The Bertz CT molecular complexity index is 483. The van der Waals surface area contributed by atoms with Crippen LogP contribution in [0.15, 0.2) is 54.6 Å². The lowest BCUT2D eigenvalue weighted by Gasteiger charge is -2.07. The average molecular weight is 250 g/mol. The van der Waals surface area contributed by atoms with E-state index in [2.05, 4.69) is 0 Å². The molecule has 0 spiro atoms. The minimum atomic E-state index is -4.14. The van der Waals surface area contributed by atoms with Crippen molar-refractivity contribution in [3.63, 3.8) is 0 Å². The van der Waals surface area contributed by atoms with Crippen LogP contribution >= 0.6 is 0 Å².